The van der Waals surface area contributed by atoms with E-state index in [9.17, 15) is 10.1 Å². The Morgan fingerprint density at radius 1 is 1.45 bits per heavy atom. The zero-order chi connectivity index (χ0) is 16.2. The predicted molar refractivity (Wildman–Crippen MR) is 88.8 cm³/mol. The van der Waals surface area contributed by atoms with Crippen molar-refractivity contribution in [1.29, 1.82) is 5.26 Å². The van der Waals surface area contributed by atoms with E-state index in [1.807, 2.05) is 0 Å². The van der Waals surface area contributed by atoms with Crippen molar-refractivity contribution >= 4 is 33.4 Å². The molecule has 1 saturated carbocycles. The van der Waals surface area contributed by atoms with Crippen LogP contribution < -0.4 is 10.1 Å². The van der Waals surface area contributed by atoms with Gasteiger partial charge in [-0.05, 0) is 53.9 Å². The molecule has 4 nitrogen and oxygen atoms in total. The van der Waals surface area contributed by atoms with Crippen molar-refractivity contribution < 1.29 is 9.53 Å². The number of carbonyl (C=O) groups is 1. The first-order chi connectivity index (χ1) is 10.5. The van der Waals surface area contributed by atoms with Crippen LogP contribution in [0.3, 0.4) is 0 Å². The number of nitrogens with zero attached hydrogens (tertiary/aromatic N) is 1. The van der Waals surface area contributed by atoms with Crippen LogP contribution in [-0.4, -0.2) is 17.6 Å². The van der Waals surface area contributed by atoms with E-state index in [4.69, 9.17) is 16.3 Å². The van der Waals surface area contributed by atoms with Gasteiger partial charge >= 0.3 is 0 Å². The van der Waals surface area contributed by atoms with E-state index in [1.54, 1.807) is 25.1 Å². The number of benzene rings is 1. The molecular weight excluding hydrogens is 368 g/mol. The van der Waals surface area contributed by atoms with Crippen LogP contribution in [0.2, 0.25) is 5.02 Å². The summed E-state index contributed by atoms with van der Waals surface area (Å²) in [6.07, 6.45) is 3.75. The third-order valence-corrected chi connectivity index (χ3v) is 4.71. The highest BCUT2D eigenvalue weighted by atomic mass is 79.9. The summed E-state index contributed by atoms with van der Waals surface area (Å²) in [5.41, 5.74) is -0.746. The molecule has 6 heteroatoms. The third kappa shape index (κ3) is 4.15. The van der Waals surface area contributed by atoms with Crippen molar-refractivity contribution in [3.63, 3.8) is 0 Å². The summed E-state index contributed by atoms with van der Waals surface area (Å²) in [7, 11) is 0. The zero-order valence-corrected chi connectivity index (χ0v) is 14.7. The summed E-state index contributed by atoms with van der Waals surface area (Å²) in [6.45, 7) is 1.67. The molecule has 1 atom stereocenters. The molecule has 1 aromatic carbocycles. The number of carbonyl (C=O) groups excluding carboxylic acids is 1. The zero-order valence-electron chi connectivity index (χ0n) is 12.4. The van der Waals surface area contributed by atoms with Gasteiger partial charge in [0, 0.05) is 5.02 Å². The summed E-state index contributed by atoms with van der Waals surface area (Å²) >= 11 is 9.24. The molecule has 0 aromatic heterocycles. The van der Waals surface area contributed by atoms with Crippen LogP contribution in [0.1, 0.15) is 39.0 Å². The van der Waals surface area contributed by atoms with E-state index in [0.717, 1.165) is 19.3 Å². The van der Waals surface area contributed by atoms with Gasteiger partial charge < -0.3 is 10.1 Å². The van der Waals surface area contributed by atoms with Crippen molar-refractivity contribution in [2.45, 2.75) is 50.7 Å². The third-order valence-electron chi connectivity index (χ3n) is 3.85. The topological polar surface area (TPSA) is 62.1 Å². The van der Waals surface area contributed by atoms with Gasteiger partial charge in [0.25, 0.3) is 5.91 Å². The lowest BCUT2D eigenvalue weighted by atomic mass is 9.83. The molecule has 0 spiro atoms. The van der Waals surface area contributed by atoms with Gasteiger partial charge in [-0.25, -0.2) is 0 Å². The highest BCUT2D eigenvalue weighted by Crippen LogP contribution is 2.30. The number of ether oxygens (including phenoxy) is 1. The average molecular weight is 386 g/mol. The molecule has 2 rings (SSSR count). The van der Waals surface area contributed by atoms with Crippen molar-refractivity contribution in [3.8, 4) is 11.8 Å². The maximum Gasteiger partial charge on any atom is 0.262 e. The van der Waals surface area contributed by atoms with Gasteiger partial charge in [0.15, 0.2) is 6.10 Å². The van der Waals surface area contributed by atoms with Gasteiger partial charge in [-0.2, -0.15) is 5.26 Å². The van der Waals surface area contributed by atoms with E-state index in [1.165, 1.54) is 0 Å². The van der Waals surface area contributed by atoms with Gasteiger partial charge in [0.05, 0.1) is 10.5 Å². The predicted octanol–water partition coefficient (Wildman–Crippen LogP) is 4.21. The molecule has 0 radical (unpaired) electrons. The van der Waals surface area contributed by atoms with E-state index >= 15 is 0 Å². The highest BCUT2D eigenvalue weighted by Gasteiger charge is 2.35. The number of hydrogen-bond acceptors (Lipinski definition) is 3. The number of nitrogens with one attached hydrogen (secondary N) is 1. The van der Waals surface area contributed by atoms with Gasteiger partial charge in [-0.15, -0.1) is 0 Å². The van der Waals surface area contributed by atoms with Crippen molar-refractivity contribution in [1.82, 2.24) is 5.32 Å². The summed E-state index contributed by atoms with van der Waals surface area (Å²) in [5, 5.41) is 12.9. The molecule has 0 saturated heterocycles. The fourth-order valence-corrected chi connectivity index (χ4v) is 3.35. The van der Waals surface area contributed by atoms with Crippen LogP contribution >= 0.6 is 27.5 Å². The number of rotatable bonds is 4. The number of nitriles is 1. The SMILES string of the molecule is C[C@@H](Oc1ccc(Cl)cc1Br)C(=O)NC1(C#N)CCCCC1. The van der Waals surface area contributed by atoms with Crippen molar-refractivity contribution in [2.75, 3.05) is 0 Å². The second-order valence-corrected chi connectivity index (χ2v) is 6.87. The largest absolute Gasteiger partial charge is 0.480 e. The minimum atomic E-state index is -0.746. The lowest BCUT2D eigenvalue weighted by Gasteiger charge is -2.32. The number of amides is 1. The molecule has 0 aliphatic heterocycles. The molecule has 0 bridgehead atoms. The van der Waals surface area contributed by atoms with Crippen molar-refractivity contribution in [3.05, 3.63) is 27.7 Å². The quantitative estimate of drug-likeness (QED) is 0.844. The first kappa shape index (κ1) is 17.1. The Kier molecular flexibility index (Phi) is 5.71. The molecule has 1 aliphatic carbocycles. The monoisotopic (exact) mass is 384 g/mol. The second-order valence-electron chi connectivity index (χ2n) is 5.58. The Labute approximate surface area is 143 Å². The van der Waals surface area contributed by atoms with Crippen LogP contribution in [0.5, 0.6) is 5.75 Å². The van der Waals surface area contributed by atoms with Crippen LogP contribution in [0.15, 0.2) is 22.7 Å². The first-order valence-electron chi connectivity index (χ1n) is 7.31. The van der Waals surface area contributed by atoms with Gasteiger partial charge in [-0.1, -0.05) is 30.9 Å². The highest BCUT2D eigenvalue weighted by molar-refractivity contribution is 9.10. The summed E-state index contributed by atoms with van der Waals surface area (Å²) in [6, 6.07) is 7.38. The molecule has 1 aromatic rings. The second kappa shape index (κ2) is 7.34. The van der Waals surface area contributed by atoms with Crippen LogP contribution in [-0.2, 0) is 4.79 Å². The summed E-state index contributed by atoms with van der Waals surface area (Å²) in [4.78, 5) is 12.3. The normalized spacial score (nSPS) is 18.1. The van der Waals surface area contributed by atoms with Gasteiger partial charge in [0.1, 0.15) is 11.3 Å². The van der Waals surface area contributed by atoms with Crippen LogP contribution in [0.4, 0.5) is 0 Å². The Balaban J connectivity index is 2.01. The summed E-state index contributed by atoms with van der Waals surface area (Å²) < 4.78 is 6.35. The minimum absolute atomic E-state index is 0.273. The van der Waals surface area contributed by atoms with Crippen LogP contribution in [0, 0.1) is 11.3 Å². The molecule has 1 amide bonds. The Hall–Kier alpha value is -1.25. The molecule has 1 aliphatic rings. The van der Waals surface area contributed by atoms with Gasteiger partial charge in [0.2, 0.25) is 0 Å². The van der Waals surface area contributed by atoms with E-state index in [2.05, 4.69) is 27.3 Å². The minimum Gasteiger partial charge on any atom is -0.480 e. The first-order valence-corrected chi connectivity index (χ1v) is 8.48. The lowest BCUT2D eigenvalue weighted by molar-refractivity contribution is -0.129. The van der Waals surface area contributed by atoms with E-state index in [-0.39, 0.29) is 5.91 Å². The van der Waals surface area contributed by atoms with Crippen LogP contribution in [0.25, 0.3) is 0 Å². The average Bonchev–Trinajstić information content (AvgIpc) is 2.51. The van der Waals surface area contributed by atoms with Gasteiger partial charge in [-0.3, -0.25) is 4.79 Å². The molecule has 0 unspecified atom stereocenters. The standard InChI is InChI=1S/C16H18BrClN2O2/c1-11(22-14-6-5-12(18)9-13(14)17)15(21)20-16(10-19)7-3-2-4-8-16/h5-6,9,11H,2-4,7-8H2,1H3,(H,20,21)/t11-/m1/s1. The Morgan fingerprint density at radius 2 is 2.14 bits per heavy atom. The molecule has 1 fully saturated rings. The Morgan fingerprint density at radius 3 is 2.73 bits per heavy atom. The lowest BCUT2D eigenvalue weighted by Crippen LogP contribution is -2.52. The maximum atomic E-state index is 12.3. The number of hydrogen-bond donors (Lipinski definition) is 1. The Bertz CT molecular complexity index is 594. The molecule has 1 N–H and O–H groups in total. The van der Waals surface area contributed by atoms with E-state index in [0.29, 0.717) is 28.1 Å². The fraction of sp³-hybridized carbons (Fsp3) is 0.500. The summed E-state index contributed by atoms with van der Waals surface area (Å²) in [5.74, 6) is 0.270. The smallest absolute Gasteiger partial charge is 0.262 e. The van der Waals surface area contributed by atoms with E-state index < -0.39 is 11.6 Å². The maximum absolute atomic E-state index is 12.3. The molecular formula is C16H18BrClN2O2. The van der Waals surface area contributed by atoms with Crippen molar-refractivity contribution in [2.24, 2.45) is 0 Å². The molecule has 0 heterocycles. The molecule has 118 valence electrons. The fourth-order valence-electron chi connectivity index (χ4n) is 2.57. The molecule has 22 heavy (non-hydrogen) atoms. The number of halogens is 2.